The normalized spacial score (nSPS) is 43.1. The maximum absolute atomic E-state index is 12.2. The van der Waals surface area contributed by atoms with Crippen molar-refractivity contribution in [2.45, 2.75) is 56.2 Å². The number of halogens is 1. The van der Waals surface area contributed by atoms with Crippen molar-refractivity contribution in [2.75, 3.05) is 6.54 Å². The Kier molecular flexibility index (Phi) is 3.97. The van der Waals surface area contributed by atoms with Crippen LogP contribution in [0.1, 0.15) is 51.4 Å². The molecule has 0 heterocycles. The molecule has 2 nitrogen and oxygen atoms in total. The van der Waals surface area contributed by atoms with Gasteiger partial charge >= 0.3 is 0 Å². The Labute approximate surface area is 118 Å². The number of rotatable bonds is 3. The van der Waals surface area contributed by atoms with Gasteiger partial charge in [0.25, 0.3) is 0 Å². The Morgan fingerprint density at radius 1 is 1.00 bits per heavy atom. The third-order valence-corrected chi connectivity index (χ3v) is 6.22. The Morgan fingerprint density at radius 3 is 2.22 bits per heavy atom. The molecule has 3 rings (SSSR count). The molecule has 3 aliphatic carbocycles. The van der Waals surface area contributed by atoms with E-state index in [-0.39, 0.29) is 0 Å². The summed E-state index contributed by atoms with van der Waals surface area (Å²) in [5, 5.41) is 3.23. The van der Waals surface area contributed by atoms with Crippen LogP contribution in [0, 0.1) is 23.7 Å². The van der Waals surface area contributed by atoms with E-state index in [0.717, 1.165) is 29.1 Å². The second kappa shape index (κ2) is 5.52. The van der Waals surface area contributed by atoms with Crippen molar-refractivity contribution in [3.8, 4) is 0 Å². The van der Waals surface area contributed by atoms with Gasteiger partial charge in [-0.05, 0) is 56.3 Å². The van der Waals surface area contributed by atoms with Crippen molar-refractivity contribution in [2.24, 2.45) is 23.7 Å². The summed E-state index contributed by atoms with van der Waals surface area (Å²) in [6.07, 6.45) is 10.4. The van der Waals surface area contributed by atoms with Crippen molar-refractivity contribution < 1.29 is 4.79 Å². The largest absolute Gasteiger partial charge is 0.356 e. The molecule has 2 atom stereocenters. The van der Waals surface area contributed by atoms with Crippen LogP contribution in [-0.2, 0) is 4.79 Å². The Morgan fingerprint density at radius 2 is 1.61 bits per heavy atom. The van der Waals surface area contributed by atoms with Gasteiger partial charge < -0.3 is 5.32 Å². The maximum Gasteiger partial charge on any atom is 0.223 e. The van der Waals surface area contributed by atoms with Crippen LogP contribution in [-0.4, -0.2) is 17.3 Å². The fraction of sp³-hybridized carbons (Fsp3) is 0.933. The van der Waals surface area contributed by atoms with Gasteiger partial charge in [-0.3, -0.25) is 4.79 Å². The number of nitrogens with one attached hydrogen (secondary N) is 1. The predicted octanol–water partition coefficient (Wildman–Crippen LogP) is 3.49. The minimum absolute atomic E-state index is 0.368. The molecule has 3 saturated carbocycles. The maximum atomic E-state index is 12.2. The van der Waals surface area contributed by atoms with E-state index < -0.39 is 0 Å². The summed E-state index contributed by atoms with van der Waals surface area (Å²) in [4.78, 5) is 12.9. The molecule has 0 aromatic heterocycles. The molecule has 0 saturated heterocycles. The third kappa shape index (κ3) is 2.76. The number of alkyl halides is 1. The van der Waals surface area contributed by atoms with Crippen LogP contribution >= 0.6 is 15.9 Å². The lowest BCUT2D eigenvalue weighted by atomic mass is 9.89. The highest BCUT2D eigenvalue weighted by Gasteiger charge is 2.54. The molecule has 0 radical (unpaired) electrons. The van der Waals surface area contributed by atoms with Crippen LogP contribution in [0.2, 0.25) is 0 Å². The summed E-state index contributed by atoms with van der Waals surface area (Å²) >= 11 is 3.68. The van der Waals surface area contributed by atoms with Gasteiger partial charge in [-0.1, -0.05) is 28.8 Å². The van der Waals surface area contributed by atoms with E-state index in [1.54, 1.807) is 0 Å². The quantitative estimate of drug-likeness (QED) is 0.794. The summed E-state index contributed by atoms with van der Waals surface area (Å²) in [6.45, 7) is 0.925. The third-order valence-electron chi connectivity index (χ3n) is 5.30. The van der Waals surface area contributed by atoms with Crippen LogP contribution in [0.15, 0.2) is 0 Å². The molecule has 18 heavy (non-hydrogen) atoms. The SMILES string of the molecule is O=C(NCC1CCC(Br)CC1)C1C2CCCCC21. The van der Waals surface area contributed by atoms with E-state index >= 15 is 0 Å². The van der Waals surface area contributed by atoms with Crippen molar-refractivity contribution in [3.05, 3.63) is 0 Å². The zero-order valence-corrected chi connectivity index (χ0v) is 12.6. The molecule has 102 valence electrons. The van der Waals surface area contributed by atoms with Crippen LogP contribution in [0.25, 0.3) is 0 Å². The molecular formula is C15H24BrNO. The van der Waals surface area contributed by atoms with Gasteiger partial charge in [-0.2, -0.15) is 0 Å². The molecule has 3 fully saturated rings. The van der Waals surface area contributed by atoms with Gasteiger partial charge in [-0.15, -0.1) is 0 Å². The number of carbonyl (C=O) groups excluding carboxylic acids is 1. The highest BCUT2D eigenvalue weighted by molar-refractivity contribution is 9.09. The molecule has 0 aromatic carbocycles. The number of hydrogen-bond acceptors (Lipinski definition) is 1. The monoisotopic (exact) mass is 313 g/mol. The van der Waals surface area contributed by atoms with Crippen LogP contribution in [0.4, 0.5) is 0 Å². The summed E-state index contributed by atoms with van der Waals surface area (Å²) in [7, 11) is 0. The lowest BCUT2D eigenvalue weighted by Gasteiger charge is -2.25. The summed E-state index contributed by atoms with van der Waals surface area (Å²) in [6, 6.07) is 0. The second-order valence-corrected chi connectivity index (χ2v) is 7.80. The zero-order chi connectivity index (χ0) is 12.5. The van der Waals surface area contributed by atoms with Crippen molar-refractivity contribution in [1.29, 1.82) is 0 Å². The van der Waals surface area contributed by atoms with Gasteiger partial charge in [-0.25, -0.2) is 0 Å². The van der Waals surface area contributed by atoms with E-state index in [0.29, 0.717) is 11.8 Å². The van der Waals surface area contributed by atoms with Crippen molar-refractivity contribution in [1.82, 2.24) is 5.32 Å². The van der Waals surface area contributed by atoms with E-state index in [1.165, 1.54) is 51.4 Å². The molecule has 2 unspecified atom stereocenters. The average Bonchev–Trinajstić information content (AvgIpc) is 3.12. The van der Waals surface area contributed by atoms with Crippen molar-refractivity contribution in [3.63, 3.8) is 0 Å². The molecule has 0 bridgehead atoms. The Hall–Kier alpha value is -0.0500. The first-order chi connectivity index (χ1) is 8.75. The Bertz CT molecular complexity index is 300. The smallest absolute Gasteiger partial charge is 0.223 e. The number of carbonyl (C=O) groups is 1. The summed E-state index contributed by atoms with van der Waals surface area (Å²) in [5.41, 5.74) is 0. The molecule has 1 amide bonds. The summed E-state index contributed by atoms with van der Waals surface area (Å²) < 4.78 is 0. The first-order valence-electron chi connectivity index (χ1n) is 7.67. The molecule has 1 N–H and O–H groups in total. The minimum atomic E-state index is 0.368. The van der Waals surface area contributed by atoms with Crippen LogP contribution in [0.5, 0.6) is 0 Å². The van der Waals surface area contributed by atoms with Gasteiger partial charge in [0.05, 0.1) is 0 Å². The van der Waals surface area contributed by atoms with Crippen LogP contribution < -0.4 is 5.32 Å². The molecule has 3 heteroatoms. The number of amides is 1. The van der Waals surface area contributed by atoms with Gasteiger partial charge in [0.15, 0.2) is 0 Å². The van der Waals surface area contributed by atoms with Crippen molar-refractivity contribution >= 4 is 21.8 Å². The lowest BCUT2D eigenvalue weighted by Crippen LogP contribution is -2.33. The second-order valence-electron chi connectivity index (χ2n) is 6.50. The topological polar surface area (TPSA) is 29.1 Å². The number of hydrogen-bond donors (Lipinski definition) is 1. The standard InChI is InChI=1S/C15H24BrNO/c16-11-7-5-10(6-8-11)9-17-15(18)14-12-3-1-2-4-13(12)14/h10-14H,1-9H2,(H,17,18). The molecular weight excluding hydrogens is 290 g/mol. The number of fused-ring (bicyclic) bond motifs is 1. The average molecular weight is 314 g/mol. The van der Waals surface area contributed by atoms with E-state index in [4.69, 9.17) is 0 Å². The minimum Gasteiger partial charge on any atom is -0.356 e. The van der Waals surface area contributed by atoms with Gasteiger partial charge in [0, 0.05) is 17.3 Å². The fourth-order valence-corrected chi connectivity index (χ4v) is 4.60. The molecule has 0 aromatic rings. The Balaban J connectivity index is 1.40. The fourth-order valence-electron chi connectivity index (χ4n) is 4.07. The van der Waals surface area contributed by atoms with E-state index in [2.05, 4.69) is 21.2 Å². The first kappa shape index (κ1) is 13.0. The predicted molar refractivity (Wildman–Crippen MR) is 76.6 cm³/mol. The van der Waals surface area contributed by atoms with E-state index in [1.807, 2.05) is 0 Å². The zero-order valence-electron chi connectivity index (χ0n) is 11.0. The van der Waals surface area contributed by atoms with E-state index in [9.17, 15) is 4.79 Å². The summed E-state index contributed by atoms with van der Waals surface area (Å²) in [5.74, 6) is 2.98. The first-order valence-corrected chi connectivity index (χ1v) is 8.59. The lowest BCUT2D eigenvalue weighted by molar-refractivity contribution is -0.123. The highest BCUT2D eigenvalue weighted by Crippen LogP contribution is 2.55. The highest BCUT2D eigenvalue weighted by atomic mass is 79.9. The molecule has 3 aliphatic rings. The van der Waals surface area contributed by atoms with Crippen LogP contribution in [0.3, 0.4) is 0 Å². The molecule has 0 spiro atoms. The van der Waals surface area contributed by atoms with Gasteiger partial charge in [0.2, 0.25) is 5.91 Å². The van der Waals surface area contributed by atoms with Gasteiger partial charge in [0.1, 0.15) is 0 Å². The molecule has 0 aliphatic heterocycles.